The average molecular weight is 285 g/mol. The van der Waals surface area contributed by atoms with Gasteiger partial charge in [-0.3, -0.25) is 4.79 Å². The molecule has 0 aliphatic rings. The largest absolute Gasteiger partial charge is 0.462 e. The molecule has 0 atom stereocenters. The molecule has 0 fully saturated rings. The number of hydrogen-bond acceptors (Lipinski definition) is 3. The molecule has 0 radical (unpaired) electrons. The van der Waals surface area contributed by atoms with Crippen molar-refractivity contribution in [3.05, 3.63) is 33.8 Å². The Morgan fingerprint density at radius 2 is 2.00 bits per heavy atom. The summed E-state index contributed by atoms with van der Waals surface area (Å²) in [4.78, 5) is 23.4. The predicted molar refractivity (Wildman–Crippen MR) is 64.7 cm³/mol. The van der Waals surface area contributed by atoms with Gasteiger partial charge in [-0.1, -0.05) is 28.9 Å². The van der Waals surface area contributed by atoms with Crippen LogP contribution in [0.5, 0.6) is 0 Å². The second-order valence-electron chi connectivity index (χ2n) is 3.16. The first-order valence-electron chi connectivity index (χ1n) is 5.10. The zero-order valence-corrected chi connectivity index (χ0v) is 10.8. The Hall–Kier alpha value is -1.16. The molecule has 0 unspecified atom stereocenters. The third-order valence-corrected chi connectivity index (χ3v) is 2.77. The summed E-state index contributed by atoms with van der Waals surface area (Å²) in [6, 6.07) is 5.06. The van der Waals surface area contributed by atoms with Crippen LogP contribution in [0.1, 0.15) is 41.0 Å². The van der Waals surface area contributed by atoms with E-state index < -0.39 is 5.97 Å². The molecule has 0 aliphatic carbocycles. The summed E-state index contributed by atoms with van der Waals surface area (Å²) in [7, 11) is 0. The minimum absolute atomic E-state index is 0.0736. The number of carbonyl (C=O) groups excluding carboxylic acids is 2. The van der Waals surface area contributed by atoms with E-state index >= 15 is 0 Å². The maximum absolute atomic E-state index is 11.7. The summed E-state index contributed by atoms with van der Waals surface area (Å²) in [5.41, 5.74) is 0.728. The van der Waals surface area contributed by atoms with Crippen LogP contribution in [0.25, 0.3) is 0 Å². The molecule has 86 valence electrons. The zero-order chi connectivity index (χ0) is 12.1. The van der Waals surface area contributed by atoms with Gasteiger partial charge in [-0.2, -0.15) is 0 Å². The molecule has 16 heavy (non-hydrogen) atoms. The fourth-order valence-electron chi connectivity index (χ4n) is 1.36. The standard InChI is InChI=1S/C12H13BrO3/c1-3-10(14)11-8(12(15)16-4-2)6-5-7-9(11)13/h5-7H,3-4H2,1-2H3. The molecular formula is C12H13BrO3. The number of carbonyl (C=O) groups is 2. The van der Waals surface area contributed by atoms with Gasteiger partial charge in [0.05, 0.1) is 12.2 Å². The van der Waals surface area contributed by atoms with E-state index in [1.807, 2.05) is 0 Å². The summed E-state index contributed by atoms with van der Waals surface area (Å²) in [6.07, 6.45) is 0.356. The predicted octanol–water partition coefficient (Wildman–Crippen LogP) is 3.22. The van der Waals surface area contributed by atoms with Crippen molar-refractivity contribution >= 4 is 27.7 Å². The monoisotopic (exact) mass is 284 g/mol. The third-order valence-electron chi connectivity index (χ3n) is 2.11. The second kappa shape index (κ2) is 5.80. The van der Waals surface area contributed by atoms with Gasteiger partial charge >= 0.3 is 5.97 Å². The third kappa shape index (κ3) is 2.70. The Morgan fingerprint density at radius 3 is 2.56 bits per heavy atom. The highest BCUT2D eigenvalue weighted by Gasteiger charge is 2.19. The zero-order valence-electron chi connectivity index (χ0n) is 9.25. The van der Waals surface area contributed by atoms with Crippen LogP contribution in [-0.2, 0) is 4.74 Å². The molecule has 0 aliphatic heterocycles. The number of benzene rings is 1. The minimum Gasteiger partial charge on any atom is -0.462 e. The first kappa shape index (κ1) is 12.9. The van der Waals surface area contributed by atoms with E-state index in [0.717, 1.165) is 0 Å². The molecule has 1 rings (SSSR count). The van der Waals surface area contributed by atoms with Crippen molar-refractivity contribution in [3.63, 3.8) is 0 Å². The summed E-state index contributed by atoms with van der Waals surface area (Å²) >= 11 is 3.28. The Bertz CT molecular complexity index is 413. The van der Waals surface area contributed by atoms with Crippen molar-refractivity contribution in [1.82, 2.24) is 0 Å². The quantitative estimate of drug-likeness (QED) is 0.630. The molecule has 0 spiro atoms. The average Bonchev–Trinajstić information content (AvgIpc) is 2.28. The normalized spacial score (nSPS) is 9.94. The lowest BCUT2D eigenvalue weighted by atomic mass is 10.0. The molecule has 0 saturated heterocycles. The van der Waals surface area contributed by atoms with E-state index in [1.165, 1.54) is 0 Å². The number of esters is 1. The lowest BCUT2D eigenvalue weighted by molar-refractivity contribution is 0.0523. The lowest BCUT2D eigenvalue weighted by Gasteiger charge is -2.08. The Labute approximate surface area is 103 Å². The minimum atomic E-state index is -0.458. The van der Waals surface area contributed by atoms with Crippen molar-refractivity contribution in [1.29, 1.82) is 0 Å². The van der Waals surface area contributed by atoms with Crippen LogP contribution in [0, 0.1) is 0 Å². The molecular weight excluding hydrogens is 272 g/mol. The topological polar surface area (TPSA) is 43.4 Å². The first-order valence-corrected chi connectivity index (χ1v) is 5.89. The van der Waals surface area contributed by atoms with Crippen LogP contribution in [0.3, 0.4) is 0 Å². The number of ketones is 1. The van der Waals surface area contributed by atoms with Gasteiger partial charge in [0.2, 0.25) is 0 Å². The van der Waals surface area contributed by atoms with Gasteiger partial charge in [0, 0.05) is 16.5 Å². The summed E-state index contributed by atoms with van der Waals surface area (Å²) in [6.45, 7) is 3.79. The van der Waals surface area contributed by atoms with Crippen LogP contribution in [0.15, 0.2) is 22.7 Å². The fraction of sp³-hybridized carbons (Fsp3) is 0.333. The highest BCUT2D eigenvalue weighted by atomic mass is 79.9. The molecule has 1 aromatic rings. The van der Waals surface area contributed by atoms with Gasteiger partial charge in [0.1, 0.15) is 0 Å². The summed E-state index contributed by atoms with van der Waals surface area (Å²) in [5.74, 6) is -0.531. The van der Waals surface area contributed by atoms with Crippen LogP contribution in [0.2, 0.25) is 0 Å². The highest BCUT2D eigenvalue weighted by molar-refractivity contribution is 9.10. The molecule has 3 nitrogen and oxygen atoms in total. The van der Waals surface area contributed by atoms with Crippen molar-refractivity contribution in [2.45, 2.75) is 20.3 Å². The van der Waals surface area contributed by atoms with Crippen LogP contribution in [-0.4, -0.2) is 18.4 Å². The Balaban J connectivity index is 3.22. The fourth-order valence-corrected chi connectivity index (χ4v) is 1.95. The smallest absolute Gasteiger partial charge is 0.338 e. The number of ether oxygens (including phenoxy) is 1. The molecule has 1 aromatic carbocycles. The molecule has 0 saturated carbocycles. The Kier molecular flexibility index (Phi) is 4.68. The molecule has 0 bridgehead atoms. The van der Waals surface area contributed by atoms with Crippen LogP contribution in [0.4, 0.5) is 0 Å². The van der Waals surface area contributed by atoms with Gasteiger partial charge < -0.3 is 4.74 Å². The SMILES string of the molecule is CCOC(=O)c1cccc(Br)c1C(=O)CC. The van der Waals surface area contributed by atoms with Gasteiger partial charge in [-0.25, -0.2) is 4.79 Å². The van der Waals surface area contributed by atoms with E-state index in [0.29, 0.717) is 28.6 Å². The van der Waals surface area contributed by atoms with E-state index in [1.54, 1.807) is 32.0 Å². The van der Waals surface area contributed by atoms with Crippen molar-refractivity contribution in [2.75, 3.05) is 6.61 Å². The van der Waals surface area contributed by atoms with Crippen molar-refractivity contribution in [3.8, 4) is 0 Å². The Morgan fingerprint density at radius 1 is 1.31 bits per heavy atom. The van der Waals surface area contributed by atoms with Gasteiger partial charge in [0.25, 0.3) is 0 Å². The van der Waals surface area contributed by atoms with Crippen molar-refractivity contribution < 1.29 is 14.3 Å². The number of hydrogen-bond donors (Lipinski definition) is 0. The summed E-state index contributed by atoms with van der Waals surface area (Å²) in [5, 5.41) is 0. The van der Waals surface area contributed by atoms with E-state index in [9.17, 15) is 9.59 Å². The van der Waals surface area contributed by atoms with Crippen molar-refractivity contribution in [2.24, 2.45) is 0 Å². The van der Waals surface area contributed by atoms with E-state index in [4.69, 9.17) is 4.74 Å². The first-order chi connectivity index (χ1) is 7.61. The van der Waals surface area contributed by atoms with E-state index in [2.05, 4.69) is 15.9 Å². The molecule has 0 amide bonds. The second-order valence-corrected chi connectivity index (χ2v) is 4.01. The van der Waals surface area contributed by atoms with Gasteiger partial charge in [-0.05, 0) is 19.1 Å². The number of Topliss-reactive ketones (excluding diaryl/α,β-unsaturated/α-hetero) is 1. The number of rotatable bonds is 4. The maximum Gasteiger partial charge on any atom is 0.338 e. The molecule has 0 aromatic heterocycles. The maximum atomic E-state index is 11.7. The molecule has 0 N–H and O–H groups in total. The molecule has 0 heterocycles. The highest BCUT2D eigenvalue weighted by Crippen LogP contribution is 2.23. The lowest BCUT2D eigenvalue weighted by Crippen LogP contribution is -2.12. The van der Waals surface area contributed by atoms with Crippen LogP contribution < -0.4 is 0 Å². The number of halogens is 1. The van der Waals surface area contributed by atoms with Gasteiger partial charge in [0.15, 0.2) is 5.78 Å². The summed E-state index contributed by atoms with van der Waals surface area (Å²) < 4.78 is 5.54. The van der Waals surface area contributed by atoms with Crippen LogP contribution >= 0.6 is 15.9 Å². The van der Waals surface area contributed by atoms with E-state index in [-0.39, 0.29) is 5.78 Å². The molecule has 4 heteroatoms. The van der Waals surface area contributed by atoms with Gasteiger partial charge in [-0.15, -0.1) is 0 Å².